The quantitative estimate of drug-likeness (QED) is 0.469. The van der Waals surface area contributed by atoms with Crippen molar-refractivity contribution in [3.05, 3.63) is 35.2 Å². The van der Waals surface area contributed by atoms with Crippen LogP contribution < -0.4 is 5.73 Å². The molecule has 15 heavy (non-hydrogen) atoms. The summed E-state index contributed by atoms with van der Waals surface area (Å²) in [6.07, 6.45) is 1.73. The monoisotopic (exact) mass is 217 g/mol. The Balaban J connectivity index is 2.37. The maximum atomic E-state index is 5.38. The Bertz CT molecular complexity index is 521. The summed E-state index contributed by atoms with van der Waals surface area (Å²) in [5, 5.41) is 11.0. The molecule has 0 bridgehead atoms. The highest BCUT2D eigenvalue weighted by molar-refractivity contribution is 7.17. The predicted molar refractivity (Wildman–Crippen MR) is 66.7 cm³/mol. The van der Waals surface area contributed by atoms with Crippen LogP contribution in [0.15, 0.2) is 39.8 Å². The number of hydrogen-bond acceptors (Lipinski definition) is 3. The minimum atomic E-state index is 0.464. The average Bonchev–Trinajstić information content (AvgIpc) is 2.62. The fraction of sp³-hybridized carbons (Fsp3) is 0.0909. The third-order valence-electron chi connectivity index (χ3n) is 1.92. The Kier molecular flexibility index (Phi) is 2.78. The predicted octanol–water partition coefficient (Wildman–Crippen LogP) is 2.61. The van der Waals surface area contributed by atoms with E-state index in [-0.39, 0.29) is 0 Å². The van der Waals surface area contributed by atoms with Gasteiger partial charge >= 0.3 is 0 Å². The molecule has 0 spiro atoms. The van der Waals surface area contributed by atoms with Crippen LogP contribution in [0.3, 0.4) is 0 Å². The molecule has 1 aromatic carbocycles. The van der Waals surface area contributed by atoms with E-state index in [1.807, 2.05) is 12.1 Å². The smallest absolute Gasteiger partial charge is 0.119 e. The molecule has 0 aliphatic heterocycles. The van der Waals surface area contributed by atoms with Crippen LogP contribution in [0.5, 0.6) is 0 Å². The average molecular weight is 217 g/mol. The van der Waals surface area contributed by atoms with E-state index in [0.717, 1.165) is 5.56 Å². The highest BCUT2D eigenvalue weighted by Crippen LogP contribution is 2.24. The van der Waals surface area contributed by atoms with E-state index in [2.05, 4.69) is 27.7 Å². The van der Waals surface area contributed by atoms with Gasteiger partial charge in [0.1, 0.15) is 5.84 Å². The van der Waals surface area contributed by atoms with E-state index in [4.69, 9.17) is 5.73 Å². The van der Waals surface area contributed by atoms with Gasteiger partial charge in [0.25, 0.3) is 0 Å². The van der Waals surface area contributed by atoms with Crippen molar-refractivity contribution in [2.75, 3.05) is 0 Å². The molecule has 4 heteroatoms. The summed E-state index contributed by atoms with van der Waals surface area (Å²) in [5.41, 5.74) is 6.47. The molecule has 0 aliphatic rings. The summed E-state index contributed by atoms with van der Waals surface area (Å²) in [5.74, 6) is 0.464. The highest BCUT2D eigenvalue weighted by Gasteiger charge is 1.99. The molecular formula is C11H11N3S. The second kappa shape index (κ2) is 4.23. The number of thiophene rings is 1. The standard InChI is InChI=1S/C11H11N3S/c1-8(12)14-13-6-9-7-15-11-5-3-2-4-10(9)11/h2-7H,1H3,(H2,12,14)/b13-6+. The van der Waals surface area contributed by atoms with Gasteiger partial charge in [0.15, 0.2) is 0 Å². The van der Waals surface area contributed by atoms with Gasteiger partial charge < -0.3 is 5.73 Å². The second-order valence-corrected chi connectivity index (χ2v) is 4.08. The van der Waals surface area contributed by atoms with Crippen LogP contribution in [0, 0.1) is 0 Å². The molecule has 3 nitrogen and oxygen atoms in total. The first-order valence-corrected chi connectivity index (χ1v) is 5.44. The van der Waals surface area contributed by atoms with E-state index in [9.17, 15) is 0 Å². The van der Waals surface area contributed by atoms with Crippen molar-refractivity contribution in [1.29, 1.82) is 0 Å². The van der Waals surface area contributed by atoms with E-state index in [1.165, 1.54) is 10.1 Å². The second-order valence-electron chi connectivity index (χ2n) is 3.17. The fourth-order valence-corrected chi connectivity index (χ4v) is 2.19. The number of nitrogens with zero attached hydrogens (tertiary/aromatic N) is 2. The number of rotatable bonds is 2. The molecule has 2 rings (SSSR count). The van der Waals surface area contributed by atoms with Crippen molar-refractivity contribution in [2.45, 2.75) is 6.92 Å². The number of benzene rings is 1. The Morgan fingerprint density at radius 3 is 3.00 bits per heavy atom. The molecule has 0 saturated carbocycles. The zero-order valence-corrected chi connectivity index (χ0v) is 9.16. The van der Waals surface area contributed by atoms with Crippen molar-refractivity contribution in [1.82, 2.24) is 0 Å². The minimum Gasteiger partial charge on any atom is -0.386 e. The van der Waals surface area contributed by atoms with Gasteiger partial charge in [-0.05, 0) is 13.0 Å². The number of nitrogens with two attached hydrogens (primary N) is 1. The molecule has 0 saturated heterocycles. The van der Waals surface area contributed by atoms with E-state index >= 15 is 0 Å². The topological polar surface area (TPSA) is 50.7 Å². The molecule has 2 aromatic rings. The van der Waals surface area contributed by atoms with Crippen LogP contribution in [0.1, 0.15) is 12.5 Å². The maximum Gasteiger partial charge on any atom is 0.119 e. The van der Waals surface area contributed by atoms with Crippen molar-refractivity contribution in [2.24, 2.45) is 15.9 Å². The lowest BCUT2D eigenvalue weighted by Crippen LogP contribution is -2.03. The van der Waals surface area contributed by atoms with Crippen molar-refractivity contribution < 1.29 is 0 Å². The van der Waals surface area contributed by atoms with Gasteiger partial charge in [0.2, 0.25) is 0 Å². The van der Waals surface area contributed by atoms with E-state index < -0.39 is 0 Å². The van der Waals surface area contributed by atoms with E-state index in [0.29, 0.717) is 5.84 Å². The minimum absolute atomic E-state index is 0.464. The maximum absolute atomic E-state index is 5.38. The largest absolute Gasteiger partial charge is 0.386 e. The molecule has 1 aromatic heterocycles. The van der Waals surface area contributed by atoms with Gasteiger partial charge in [-0.25, -0.2) is 0 Å². The van der Waals surface area contributed by atoms with E-state index in [1.54, 1.807) is 24.5 Å². The third kappa shape index (κ3) is 2.22. The van der Waals surface area contributed by atoms with Crippen LogP contribution in [0.2, 0.25) is 0 Å². The van der Waals surface area contributed by atoms with Crippen LogP contribution in [0.25, 0.3) is 10.1 Å². The van der Waals surface area contributed by atoms with Crippen molar-refractivity contribution in [3.63, 3.8) is 0 Å². The summed E-state index contributed by atoms with van der Waals surface area (Å²) in [6.45, 7) is 1.71. The van der Waals surface area contributed by atoms with Crippen LogP contribution in [-0.4, -0.2) is 12.1 Å². The molecule has 76 valence electrons. The Morgan fingerprint density at radius 2 is 2.20 bits per heavy atom. The third-order valence-corrected chi connectivity index (χ3v) is 2.90. The van der Waals surface area contributed by atoms with Gasteiger partial charge in [-0.15, -0.1) is 16.4 Å². The van der Waals surface area contributed by atoms with Crippen LogP contribution >= 0.6 is 11.3 Å². The number of amidine groups is 1. The summed E-state index contributed by atoms with van der Waals surface area (Å²) in [7, 11) is 0. The number of fused-ring (bicyclic) bond motifs is 1. The molecule has 2 N–H and O–H groups in total. The Morgan fingerprint density at radius 1 is 1.40 bits per heavy atom. The Hall–Kier alpha value is -1.68. The number of hydrogen-bond donors (Lipinski definition) is 1. The molecule has 0 atom stereocenters. The lowest BCUT2D eigenvalue weighted by atomic mass is 10.2. The molecule has 0 unspecified atom stereocenters. The SMILES string of the molecule is C/C(N)=N/N=C/c1csc2ccccc12. The molecule has 0 radical (unpaired) electrons. The molecule has 0 amide bonds. The lowest BCUT2D eigenvalue weighted by Gasteiger charge is -1.89. The first kappa shape index (κ1) is 9.86. The fourth-order valence-electron chi connectivity index (χ4n) is 1.28. The van der Waals surface area contributed by atoms with Crippen LogP contribution in [-0.2, 0) is 0 Å². The zero-order valence-electron chi connectivity index (χ0n) is 8.34. The van der Waals surface area contributed by atoms with Gasteiger partial charge in [0, 0.05) is 21.0 Å². The van der Waals surface area contributed by atoms with Crippen LogP contribution in [0.4, 0.5) is 0 Å². The normalized spacial score (nSPS) is 12.7. The van der Waals surface area contributed by atoms with Crippen molar-refractivity contribution in [3.8, 4) is 0 Å². The molecule has 0 aliphatic carbocycles. The summed E-state index contributed by atoms with van der Waals surface area (Å²) in [4.78, 5) is 0. The molecule has 1 heterocycles. The Labute approximate surface area is 91.9 Å². The molecular weight excluding hydrogens is 206 g/mol. The first-order valence-electron chi connectivity index (χ1n) is 4.57. The van der Waals surface area contributed by atoms with Gasteiger partial charge in [-0.2, -0.15) is 5.10 Å². The highest BCUT2D eigenvalue weighted by atomic mass is 32.1. The molecule has 0 fully saturated rings. The van der Waals surface area contributed by atoms with Gasteiger partial charge in [0.05, 0.1) is 6.21 Å². The lowest BCUT2D eigenvalue weighted by molar-refractivity contribution is 1.23. The summed E-state index contributed by atoms with van der Waals surface area (Å²) >= 11 is 1.70. The summed E-state index contributed by atoms with van der Waals surface area (Å²) < 4.78 is 1.26. The van der Waals surface area contributed by atoms with Gasteiger partial charge in [-0.3, -0.25) is 0 Å². The van der Waals surface area contributed by atoms with Gasteiger partial charge in [-0.1, -0.05) is 18.2 Å². The zero-order chi connectivity index (χ0) is 10.7. The van der Waals surface area contributed by atoms with Crippen molar-refractivity contribution >= 4 is 33.5 Å². The first-order chi connectivity index (χ1) is 7.27. The summed E-state index contributed by atoms with van der Waals surface area (Å²) in [6, 6.07) is 8.22.